The van der Waals surface area contributed by atoms with E-state index in [4.69, 9.17) is 0 Å². The molecule has 1 aromatic rings. The lowest BCUT2D eigenvalue weighted by molar-refractivity contribution is -0.124. The molecule has 2 N–H and O–H groups in total. The first-order valence-corrected chi connectivity index (χ1v) is 7.44. The molecular weight excluding hydrogens is 278 g/mol. The van der Waals surface area contributed by atoms with Gasteiger partial charge in [0.2, 0.25) is 11.8 Å². The van der Waals surface area contributed by atoms with Gasteiger partial charge in [0.25, 0.3) is 0 Å². The molecule has 0 saturated carbocycles. The van der Waals surface area contributed by atoms with E-state index >= 15 is 0 Å². The van der Waals surface area contributed by atoms with Gasteiger partial charge in [-0.25, -0.2) is 0 Å². The summed E-state index contributed by atoms with van der Waals surface area (Å²) in [7, 11) is 1.76. The minimum absolute atomic E-state index is 0.0881. The zero-order chi connectivity index (χ0) is 16.9. The fourth-order valence-electron chi connectivity index (χ4n) is 2.19. The van der Waals surface area contributed by atoms with Crippen molar-refractivity contribution >= 4 is 17.5 Å². The number of likely N-dealkylation sites (N-methyl/N-ethyl adjacent to an activating group) is 1. The van der Waals surface area contributed by atoms with Crippen LogP contribution < -0.4 is 10.6 Å². The van der Waals surface area contributed by atoms with Gasteiger partial charge < -0.3 is 10.6 Å². The molecule has 0 fully saturated rings. The van der Waals surface area contributed by atoms with E-state index in [1.54, 1.807) is 11.9 Å². The van der Waals surface area contributed by atoms with Gasteiger partial charge in [-0.05, 0) is 52.8 Å². The van der Waals surface area contributed by atoms with Gasteiger partial charge in [0.1, 0.15) is 0 Å². The van der Waals surface area contributed by atoms with Gasteiger partial charge in [0, 0.05) is 11.2 Å². The fraction of sp³-hybridized carbons (Fsp3) is 0.529. The van der Waals surface area contributed by atoms with Gasteiger partial charge in [-0.3, -0.25) is 14.5 Å². The third kappa shape index (κ3) is 6.26. The summed E-state index contributed by atoms with van der Waals surface area (Å²) in [4.78, 5) is 25.6. The number of anilines is 1. The molecule has 0 aliphatic rings. The van der Waals surface area contributed by atoms with Crippen molar-refractivity contribution in [2.45, 2.75) is 40.2 Å². The van der Waals surface area contributed by atoms with Crippen LogP contribution in [0.25, 0.3) is 0 Å². The van der Waals surface area contributed by atoms with Crippen LogP contribution in [-0.4, -0.2) is 42.4 Å². The molecule has 1 rings (SSSR count). The van der Waals surface area contributed by atoms with E-state index in [9.17, 15) is 9.59 Å². The molecule has 0 aliphatic carbocycles. The monoisotopic (exact) mass is 305 g/mol. The smallest absolute Gasteiger partial charge is 0.238 e. The number of carbonyl (C=O) groups excluding carboxylic acids is 2. The molecule has 1 aromatic carbocycles. The van der Waals surface area contributed by atoms with Gasteiger partial charge >= 0.3 is 0 Å². The van der Waals surface area contributed by atoms with Crippen LogP contribution in [0.5, 0.6) is 0 Å². The highest BCUT2D eigenvalue weighted by Gasteiger charge is 2.16. The van der Waals surface area contributed by atoms with E-state index in [1.165, 1.54) is 0 Å². The number of carbonyl (C=O) groups is 2. The van der Waals surface area contributed by atoms with Crippen molar-refractivity contribution in [3.05, 3.63) is 29.3 Å². The zero-order valence-corrected chi connectivity index (χ0v) is 14.4. The number of nitrogens with zero attached hydrogens (tertiary/aromatic N) is 1. The molecule has 5 heteroatoms. The predicted molar refractivity (Wildman–Crippen MR) is 89.9 cm³/mol. The molecule has 0 spiro atoms. The molecule has 122 valence electrons. The van der Waals surface area contributed by atoms with Gasteiger partial charge in [-0.2, -0.15) is 0 Å². The Bertz CT molecular complexity index is 527. The second kappa shape index (κ2) is 7.40. The maximum absolute atomic E-state index is 12.1. The molecule has 0 saturated heterocycles. The minimum Gasteiger partial charge on any atom is -0.350 e. The largest absolute Gasteiger partial charge is 0.350 e. The molecule has 0 radical (unpaired) electrons. The summed E-state index contributed by atoms with van der Waals surface area (Å²) in [6, 6.07) is 5.88. The van der Waals surface area contributed by atoms with Crippen molar-refractivity contribution in [1.82, 2.24) is 10.2 Å². The van der Waals surface area contributed by atoms with Crippen molar-refractivity contribution in [2.75, 3.05) is 25.5 Å². The number of rotatable bonds is 5. The second-order valence-electron chi connectivity index (χ2n) is 6.79. The second-order valence-corrected chi connectivity index (χ2v) is 6.79. The molecule has 2 amide bonds. The van der Waals surface area contributed by atoms with Crippen LogP contribution in [0.3, 0.4) is 0 Å². The number of para-hydroxylation sites is 1. The first-order chi connectivity index (χ1) is 10.1. The van der Waals surface area contributed by atoms with Crippen LogP contribution in [0.1, 0.15) is 31.9 Å². The molecular formula is C17H27N3O2. The summed E-state index contributed by atoms with van der Waals surface area (Å²) in [6.45, 7) is 10.1. The molecule has 0 heterocycles. The SMILES string of the molecule is Cc1cccc(C)c1NC(=O)CN(C)CC(=O)NC(C)(C)C. The number of hydrogen-bond donors (Lipinski definition) is 2. The van der Waals surface area contributed by atoms with E-state index in [-0.39, 0.29) is 30.4 Å². The van der Waals surface area contributed by atoms with Gasteiger partial charge in [0.15, 0.2) is 0 Å². The van der Waals surface area contributed by atoms with Crippen LogP contribution in [0, 0.1) is 13.8 Å². The maximum Gasteiger partial charge on any atom is 0.238 e. The number of hydrogen-bond acceptors (Lipinski definition) is 3. The Labute approximate surface area is 133 Å². The van der Waals surface area contributed by atoms with E-state index in [0.717, 1.165) is 16.8 Å². The molecule has 5 nitrogen and oxygen atoms in total. The van der Waals surface area contributed by atoms with Crippen LogP contribution in [0.4, 0.5) is 5.69 Å². The fourth-order valence-corrected chi connectivity index (χ4v) is 2.19. The van der Waals surface area contributed by atoms with Crippen LogP contribution in [-0.2, 0) is 9.59 Å². The summed E-state index contributed by atoms with van der Waals surface area (Å²) in [5.74, 6) is -0.210. The Kier molecular flexibility index (Phi) is 6.11. The quantitative estimate of drug-likeness (QED) is 0.875. The highest BCUT2D eigenvalue weighted by atomic mass is 16.2. The summed E-state index contributed by atoms with van der Waals surface area (Å²) in [6.07, 6.45) is 0. The summed E-state index contributed by atoms with van der Waals surface area (Å²) in [5.41, 5.74) is 2.64. The average Bonchev–Trinajstić information content (AvgIpc) is 2.31. The van der Waals surface area contributed by atoms with Crippen molar-refractivity contribution < 1.29 is 9.59 Å². The summed E-state index contributed by atoms with van der Waals surface area (Å²) >= 11 is 0. The first-order valence-electron chi connectivity index (χ1n) is 7.44. The number of benzene rings is 1. The first kappa shape index (κ1) is 18.2. The topological polar surface area (TPSA) is 61.4 Å². The number of aryl methyl sites for hydroxylation is 2. The van der Waals surface area contributed by atoms with Gasteiger partial charge in [-0.1, -0.05) is 18.2 Å². The highest BCUT2D eigenvalue weighted by molar-refractivity contribution is 5.94. The van der Waals surface area contributed by atoms with Crippen molar-refractivity contribution in [3.63, 3.8) is 0 Å². The standard InChI is InChI=1S/C17H27N3O2/c1-12-8-7-9-13(2)16(12)18-14(21)10-20(6)11-15(22)19-17(3,4)5/h7-9H,10-11H2,1-6H3,(H,18,21)(H,19,22). The Morgan fingerprint density at radius 3 is 2.05 bits per heavy atom. The van der Waals surface area contributed by atoms with Gasteiger partial charge in [-0.15, -0.1) is 0 Å². The minimum atomic E-state index is -0.265. The normalized spacial score (nSPS) is 11.4. The average molecular weight is 305 g/mol. The number of amides is 2. The highest BCUT2D eigenvalue weighted by Crippen LogP contribution is 2.19. The zero-order valence-electron chi connectivity index (χ0n) is 14.4. The lowest BCUT2D eigenvalue weighted by atomic mass is 10.1. The van der Waals surface area contributed by atoms with Crippen LogP contribution >= 0.6 is 0 Å². The van der Waals surface area contributed by atoms with Gasteiger partial charge in [0.05, 0.1) is 13.1 Å². The molecule has 0 bridgehead atoms. The Morgan fingerprint density at radius 2 is 1.55 bits per heavy atom. The predicted octanol–water partition coefficient (Wildman–Crippen LogP) is 2.09. The van der Waals surface area contributed by atoms with Crippen molar-refractivity contribution in [3.8, 4) is 0 Å². The number of nitrogens with one attached hydrogen (secondary N) is 2. The Morgan fingerprint density at radius 1 is 1.05 bits per heavy atom. The molecule has 0 aliphatic heterocycles. The van der Waals surface area contributed by atoms with Crippen LogP contribution in [0.15, 0.2) is 18.2 Å². The molecule has 0 aromatic heterocycles. The third-order valence-corrected chi connectivity index (χ3v) is 3.09. The molecule has 0 atom stereocenters. The molecule has 22 heavy (non-hydrogen) atoms. The Hall–Kier alpha value is -1.88. The van der Waals surface area contributed by atoms with Crippen molar-refractivity contribution in [2.24, 2.45) is 0 Å². The lowest BCUT2D eigenvalue weighted by Crippen LogP contribution is -2.46. The lowest BCUT2D eigenvalue weighted by Gasteiger charge is -2.23. The maximum atomic E-state index is 12.1. The Balaban J connectivity index is 2.53. The van der Waals surface area contributed by atoms with E-state index in [2.05, 4.69) is 10.6 Å². The summed E-state index contributed by atoms with van der Waals surface area (Å²) < 4.78 is 0. The van der Waals surface area contributed by atoms with Crippen molar-refractivity contribution in [1.29, 1.82) is 0 Å². The van der Waals surface area contributed by atoms with E-state index < -0.39 is 0 Å². The molecule has 0 unspecified atom stereocenters. The summed E-state index contributed by atoms with van der Waals surface area (Å²) in [5, 5.41) is 5.80. The van der Waals surface area contributed by atoms with E-state index in [0.29, 0.717) is 0 Å². The third-order valence-electron chi connectivity index (χ3n) is 3.09. The van der Waals surface area contributed by atoms with Crippen LogP contribution in [0.2, 0.25) is 0 Å². The van der Waals surface area contributed by atoms with E-state index in [1.807, 2.05) is 52.8 Å².